The third kappa shape index (κ3) is 4.03. The smallest absolute Gasteiger partial charge is 0.341 e. The molecule has 0 radical (unpaired) electrons. The van der Waals surface area contributed by atoms with Crippen LogP contribution in [0.2, 0.25) is 0 Å². The standard InChI is InChI=1S/C13H18N2O4S/c1-2-18-13(17)10-3-6-20-12(10)15-11(16)7-9-8-14-4-5-19-9/h3,6,9,14H,2,4-5,7-8H2,1H3,(H,15,16). The van der Waals surface area contributed by atoms with Crippen LogP contribution in [0.4, 0.5) is 5.00 Å². The van der Waals surface area contributed by atoms with Crippen molar-refractivity contribution in [3.63, 3.8) is 0 Å². The number of morpholine rings is 1. The number of carbonyl (C=O) groups excluding carboxylic acids is 2. The molecule has 0 aromatic carbocycles. The maximum atomic E-state index is 11.9. The highest BCUT2D eigenvalue weighted by Gasteiger charge is 2.20. The Bertz CT molecular complexity index is 469. The van der Waals surface area contributed by atoms with Crippen molar-refractivity contribution in [1.82, 2.24) is 5.32 Å². The molecule has 1 amide bonds. The summed E-state index contributed by atoms with van der Waals surface area (Å²) in [6.07, 6.45) is 0.155. The van der Waals surface area contributed by atoms with E-state index in [1.807, 2.05) is 0 Å². The first-order chi connectivity index (χ1) is 9.70. The number of carbonyl (C=O) groups is 2. The number of thiophene rings is 1. The SMILES string of the molecule is CCOC(=O)c1ccsc1NC(=O)CC1CNCCO1. The molecule has 1 unspecified atom stereocenters. The molecule has 0 aliphatic carbocycles. The summed E-state index contributed by atoms with van der Waals surface area (Å²) in [5, 5.41) is 8.19. The van der Waals surface area contributed by atoms with Gasteiger partial charge < -0.3 is 20.1 Å². The molecule has 1 aliphatic heterocycles. The van der Waals surface area contributed by atoms with Gasteiger partial charge in [0.2, 0.25) is 5.91 Å². The fourth-order valence-corrected chi connectivity index (χ4v) is 2.70. The largest absolute Gasteiger partial charge is 0.462 e. The first kappa shape index (κ1) is 15.0. The topological polar surface area (TPSA) is 76.7 Å². The van der Waals surface area contributed by atoms with E-state index in [1.54, 1.807) is 18.4 Å². The molecule has 0 spiro atoms. The summed E-state index contributed by atoms with van der Waals surface area (Å²) in [5.41, 5.74) is 0.396. The van der Waals surface area contributed by atoms with Crippen LogP contribution in [0.25, 0.3) is 0 Å². The number of ether oxygens (including phenoxy) is 2. The fraction of sp³-hybridized carbons (Fsp3) is 0.538. The van der Waals surface area contributed by atoms with Crippen molar-refractivity contribution in [2.24, 2.45) is 0 Å². The number of nitrogens with one attached hydrogen (secondary N) is 2. The maximum Gasteiger partial charge on any atom is 0.341 e. The Labute approximate surface area is 121 Å². The zero-order valence-electron chi connectivity index (χ0n) is 11.3. The van der Waals surface area contributed by atoms with Crippen molar-refractivity contribution in [3.8, 4) is 0 Å². The van der Waals surface area contributed by atoms with Gasteiger partial charge in [0.1, 0.15) is 5.00 Å². The number of hydrogen-bond donors (Lipinski definition) is 2. The van der Waals surface area contributed by atoms with Gasteiger partial charge in [0.25, 0.3) is 0 Å². The molecular formula is C13H18N2O4S. The molecule has 2 heterocycles. The number of anilines is 1. The van der Waals surface area contributed by atoms with Gasteiger partial charge in [0.15, 0.2) is 0 Å². The van der Waals surface area contributed by atoms with Gasteiger partial charge in [-0.1, -0.05) is 0 Å². The van der Waals surface area contributed by atoms with Crippen molar-refractivity contribution in [1.29, 1.82) is 0 Å². The Morgan fingerprint density at radius 1 is 1.60 bits per heavy atom. The number of esters is 1. The van der Waals surface area contributed by atoms with E-state index in [-0.39, 0.29) is 18.4 Å². The summed E-state index contributed by atoms with van der Waals surface area (Å²) in [6.45, 7) is 4.16. The van der Waals surface area contributed by atoms with E-state index in [4.69, 9.17) is 9.47 Å². The van der Waals surface area contributed by atoms with Gasteiger partial charge in [-0.3, -0.25) is 4.79 Å². The normalized spacial score (nSPS) is 18.6. The lowest BCUT2D eigenvalue weighted by atomic mass is 10.2. The van der Waals surface area contributed by atoms with E-state index in [0.29, 0.717) is 30.3 Å². The second kappa shape index (κ2) is 7.37. The van der Waals surface area contributed by atoms with E-state index in [2.05, 4.69) is 10.6 Å². The van der Waals surface area contributed by atoms with Crippen LogP contribution in [0.1, 0.15) is 23.7 Å². The Morgan fingerprint density at radius 3 is 3.15 bits per heavy atom. The van der Waals surface area contributed by atoms with Crippen LogP contribution in [-0.2, 0) is 14.3 Å². The number of hydrogen-bond acceptors (Lipinski definition) is 6. The van der Waals surface area contributed by atoms with Crippen LogP contribution in [0.5, 0.6) is 0 Å². The number of rotatable bonds is 5. The molecule has 110 valence electrons. The van der Waals surface area contributed by atoms with Crippen molar-refractivity contribution in [3.05, 3.63) is 17.0 Å². The first-order valence-corrected chi connectivity index (χ1v) is 7.45. The molecule has 1 fully saturated rings. The Hall–Kier alpha value is -1.44. The molecule has 6 nitrogen and oxygen atoms in total. The van der Waals surface area contributed by atoms with Crippen molar-refractivity contribution >= 4 is 28.2 Å². The van der Waals surface area contributed by atoms with E-state index in [9.17, 15) is 9.59 Å². The Morgan fingerprint density at radius 2 is 2.45 bits per heavy atom. The second-order valence-corrected chi connectivity index (χ2v) is 5.25. The molecule has 2 rings (SSSR count). The average molecular weight is 298 g/mol. The van der Waals surface area contributed by atoms with E-state index < -0.39 is 5.97 Å². The highest BCUT2D eigenvalue weighted by Crippen LogP contribution is 2.24. The molecule has 1 aromatic heterocycles. The van der Waals surface area contributed by atoms with Gasteiger partial charge in [0.05, 0.1) is 31.3 Å². The van der Waals surface area contributed by atoms with Crippen molar-refractivity contribution in [2.45, 2.75) is 19.4 Å². The monoisotopic (exact) mass is 298 g/mol. The van der Waals surface area contributed by atoms with E-state index >= 15 is 0 Å². The van der Waals surface area contributed by atoms with E-state index in [1.165, 1.54) is 11.3 Å². The molecular weight excluding hydrogens is 280 g/mol. The van der Waals surface area contributed by atoms with Crippen LogP contribution in [0, 0.1) is 0 Å². The highest BCUT2D eigenvalue weighted by atomic mass is 32.1. The molecule has 7 heteroatoms. The molecule has 20 heavy (non-hydrogen) atoms. The molecule has 1 aliphatic rings. The van der Waals surface area contributed by atoms with Gasteiger partial charge in [-0.25, -0.2) is 4.79 Å². The third-order valence-corrected chi connectivity index (χ3v) is 3.66. The Balaban J connectivity index is 1.90. The van der Waals surface area contributed by atoms with Crippen LogP contribution >= 0.6 is 11.3 Å². The molecule has 1 aromatic rings. The molecule has 0 bridgehead atoms. The molecule has 1 atom stereocenters. The summed E-state index contributed by atoms with van der Waals surface area (Å²) >= 11 is 1.30. The zero-order valence-corrected chi connectivity index (χ0v) is 12.1. The van der Waals surface area contributed by atoms with Crippen LogP contribution in [0.15, 0.2) is 11.4 Å². The molecule has 2 N–H and O–H groups in total. The second-order valence-electron chi connectivity index (χ2n) is 4.33. The molecule has 1 saturated heterocycles. The predicted molar refractivity (Wildman–Crippen MR) is 76.1 cm³/mol. The minimum atomic E-state index is -0.417. The highest BCUT2D eigenvalue weighted by molar-refractivity contribution is 7.14. The third-order valence-electron chi connectivity index (χ3n) is 2.83. The van der Waals surface area contributed by atoms with Gasteiger partial charge in [-0.05, 0) is 18.4 Å². The summed E-state index contributed by atoms with van der Waals surface area (Å²) in [6, 6.07) is 1.65. The quantitative estimate of drug-likeness (QED) is 0.800. The Kier molecular flexibility index (Phi) is 5.51. The summed E-state index contributed by atoms with van der Waals surface area (Å²) < 4.78 is 10.4. The van der Waals surface area contributed by atoms with Crippen LogP contribution in [0.3, 0.4) is 0 Å². The van der Waals surface area contributed by atoms with E-state index in [0.717, 1.165) is 6.54 Å². The zero-order chi connectivity index (χ0) is 14.4. The minimum Gasteiger partial charge on any atom is -0.462 e. The van der Waals surface area contributed by atoms with Gasteiger partial charge in [-0.2, -0.15) is 0 Å². The average Bonchev–Trinajstić information content (AvgIpc) is 2.88. The summed E-state index contributed by atoms with van der Waals surface area (Å²) in [5.74, 6) is -0.577. The van der Waals surface area contributed by atoms with Gasteiger partial charge >= 0.3 is 5.97 Å². The van der Waals surface area contributed by atoms with Gasteiger partial charge in [-0.15, -0.1) is 11.3 Å². The summed E-state index contributed by atoms with van der Waals surface area (Å²) in [4.78, 5) is 23.6. The summed E-state index contributed by atoms with van der Waals surface area (Å²) in [7, 11) is 0. The number of amides is 1. The maximum absolute atomic E-state index is 11.9. The minimum absolute atomic E-state index is 0.116. The lowest BCUT2D eigenvalue weighted by molar-refractivity contribution is -0.119. The van der Waals surface area contributed by atoms with Crippen LogP contribution < -0.4 is 10.6 Å². The first-order valence-electron chi connectivity index (χ1n) is 6.57. The predicted octanol–water partition coefficient (Wildman–Crippen LogP) is 1.24. The van der Waals surface area contributed by atoms with Gasteiger partial charge in [0, 0.05) is 13.1 Å². The molecule has 0 saturated carbocycles. The van der Waals surface area contributed by atoms with Crippen molar-refractivity contribution < 1.29 is 19.1 Å². The van der Waals surface area contributed by atoms with Crippen molar-refractivity contribution in [2.75, 3.05) is 31.6 Å². The fourth-order valence-electron chi connectivity index (χ4n) is 1.91. The lowest BCUT2D eigenvalue weighted by Gasteiger charge is -2.22. The van der Waals surface area contributed by atoms with Crippen LogP contribution in [-0.4, -0.2) is 44.3 Å². The lowest BCUT2D eigenvalue weighted by Crippen LogP contribution is -2.40.